The number of pyridine rings is 2. The van der Waals surface area contributed by atoms with Gasteiger partial charge in [0, 0.05) is 29.7 Å². The van der Waals surface area contributed by atoms with Gasteiger partial charge in [-0.3, -0.25) is 4.99 Å². The zero-order chi connectivity index (χ0) is 43.7. The lowest BCUT2D eigenvalue weighted by Crippen LogP contribution is -2.75. The smallest absolute Gasteiger partial charge is 0.365 e. The van der Waals surface area contributed by atoms with E-state index in [-0.39, 0.29) is 17.2 Å². The van der Waals surface area contributed by atoms with Crippen molar-refractivity contribution in [3.63, 3.8) is 0 Å². The van der Waals surface area contributed by atoms with Crippen molar-refractivity contribution < 1.29 is 24.3 Å². The van der Waals surface area contributed by atoms with Crippen molar-refractivity contribution in [2.75, 3.05) is 13.1 Å². The van der Waals surface area contributed by atoms with Crippen molar-refractivity contribution in [3.8, 4) is 33.4 Å². The summed E-state index contributed by atoms with van der Waals surface area (Å²) in [5.41, 5.74) is 12.1. The van der Waals surface area contributed by atoms with Gasteiger partial charge in [0.25, 0.3) is 0 Å². The topological polar surface area (TPSA) is 77.4 Å². The molecular weight excluding hydrogens is 773 g/mol. The lowest BCUT2D eigenvalue weighted by molar-refractivity contribution is -0.718. The summed E-state index contributed by atoms with van der Waals surface area (Å²) in [5.74, 6) is 0.0415. The minimum Gasteiger partial charge on any atom is -0.858 e. The molecule has 1 aliphatic carbocycles. The number of hydrogen-bond donors (Lipinski definition) is 2. The molecule has 0 fully saturated rings. The molecule has 2 N–H and O–H groups in total. The fraction of sp³-hybridized carbons (Fsp3) is 0.368. The standard InChI is InChI=1S/C57H66N4O2/c1-3-5-7-9-11-19-33-57(34-20-12-10-8-6-4-2)53-43-49(45-29-37-60(38-30-45)41-35-58-55(62)47-21-15-13-16-22-47)25-27-51(53)52-28-26-50(44-54(52)57)46-31-39-61(40-32-46)42-36-59-56(63)48-23-17-14-18-24-48/h13-18,21-32,37-40,43-44H,3-12,19-20,33-36,41-42H2,1-2H3/p+2. The molecule has 2 aromatic heterocycles. The lowest BCUT2D eigenvalue weighted by atomic mass is 9.70. The van der Waals surface area contributed by atoms with E-state index in [2.05, 4.69) is 118 Å². The van der Waals surface area contributed by atoms with Gasteiger partial charge in [-0.2, -0.15) is 4.57 Å². The first-order valence-electron chi connectivity index (χ1n) is 23.9. The molecular formula is C57H68N4O2+2. The number of nitrogens with one attached hydrogen (secondary N) is 1. The van der Waals surface area contributed by atoms with E-state index in [0.717, 1.165) is 24.9 Å². The molecule has 0 aliphatic heterocycles. The van der Waals surface area contributed by atoms with Crippen LogP contribution in [0.1, 0.15) is 126 Å². The Balaban J connectivity index is 1.16. The van der Waals surface area contributed by atoms with Crippen LogP contribution in [0, 0.1) is 0 Å². The minimum atomic E-state index is -0.165. The van der Waals surface area contributed by atoms with Gasteiger partial charge in [0.1, 0.15) is 0 Å². The average Bonchev–Trinajstić information content (AvgIpc) is 3.60. The second kappa shape index (κ2) is 23.0. The zero-order valence-corrected chi connectivity index (χ0v) is 37.8. The van der Waals surface area contributed by atoms with Gasteiger partial charge >= 0.3 is 5.90 Å². The molecule has 6 aromatic rings. The van der Waals surface area contributed by atoms with E-state index >= 15 is 0 Å². The first-order valence-corrected chi connectivity index (χ1v) is 23.9. The molecule has 0 saturated carbocycles. The lowest BCUT2D eigenvalue weighted by Gasteiger charge is -2.33. The van der Waals surface area contributed by atoms with E-state index in [0.29, 0.717) is 25.2 Å². The number of rotatable bonds is 24. The van der Waals surface area contributed by atoms with Crippen molar-refractivity contribution >= 4 is 11.8 Å². The highest BCUT2D eigenvalue weighted by molar-refractivity contribution is 5.90. The fourth-order valence-electron chi connectivity index (χ4n) is 9.47. The Bertz CT molecular complexity index is 2220. The summed E-state index contributed by atoms with van der Waals surface area (Å²) in [6.45, 7) is 7.06. The average molecular weight is 841 g/mol. The number of fused-ring (bicyclic) bond motifs is 3. The monoisotopic (exact) mass is 841 g/mol. The molecule has 6 nitrogen and oxygen atoms in total. The molecule has 2 heterocycles. The van der Waals surface area contributed by atoms with E-state index in [1.165, 1.54) is 122 Å². The summed E-state index contributed by atoms with van der Waals surface area (Å²) >= 11 is 0. The Kier molecular flexibility index (Phi) is 16.5. The Hall–Kier alpha value is -5.88. The Labute approximate surface area is 376 Å². The van der Waals surface area contributed by atoms with Crippen LogP contribution in [0.25, 0.3) is 33.4 Å². The van der Waals surface area contributed by atoms with Crippen LogP contribution in [0.4, 0.5) is 0 Å². The first kappa shape index (κ1) is 45.2. The van der Waals surface area contributed by atoms with Crippen LogP contribution >= 0.6 is 0 Å². The highest BCUT2D eigenvalue weighted by atomic mass is 16.3. The molecule has 0 bridgehead atoms. The molecule has 0 amide bonds. The third kappa shape index (κ3) is 11.8. The summed E-state index contributed by atoms with van der Waals surface area (Å²) in [4.78, 5) is 7.49. The molecule has 0 atom stereocenters. The van der Waals surface area contributed by atoms with Crippen LogP contribution in [0.5, 0.6) is 0 Å². The second-order valence-electron chi connectivity index (χ2n) is 17.5. The summed E-state index contributed by atoms with van der Waals surface area (Å²) in [6.07, 6.45) is 26.3. The van der Waals surface area contributed by atoms with Gasteiger partial charge in [0.15, 0.2) is 31.3 Å². The number of aliphatic hydroxyl groups is 1. The molecule has 4 aromatic carbocycles. The fourth-order valence-corrected chi connectivity index (χ4v) is 9.47. The Morgan fingerprint density at radius 3 is 1.51 bits per heavy atom. The van der Waals surface area contributed by atoms with E-state index in [9.17, 15) is 10.2 Å². The molecule has 0 saturated heterocycles. The second-order valence-corrected chi connectivity index (χ2v) is 17.5. The van der Waals surface area contributed by atoms with E-state index in [4.69, 9.17) is 0 Å². The summed E-state index contributed by atoms with van der Waals surface area (Å²) in [5, 5.41) is 23.1. The Morgan fingerprint density at radius 2 is 1.00 bits per heavy atom. The van der Waals surface area contributed by atoms with Crippen molar-refractivity contribution in [3.05, 3.63) is 168 Å². The number of unbranched alkanes of at least 4 members (excludes halogenated alkanes) is 10. The van der Waals surface area contributed by atoms with Crippen LogP contribution in [0.15, 0.2) is 151 Å². The number of nitrogens with zero attached hydrogens (tertiary/aromatic N) is 3. The highest BCUT2D eigenvalue weighted by Crippen LogP contribution is 2.55. The number of aliphatic imine (C=N–C) groups is 1. The van der Waals surface area contributed by atoms with E-state index in [1.54, 1.807) is 0 Å². The molecule has 326 valence electrons. The van der Waals surface area contributed by atoms with Crippen LogP contribution < -0.4 is 19.2 Å². The molecule has 0 radical (unpaired) electrons. The number of benzene rings is 4. The van der Waals surface area contributed by atoms with Gasteiger partial charge in [-0.1, -0.05) is 164 Å². The third-order valence-electron chi connectivity index (χ3n) is 13.1. The molecule has 7 rings (SSSR count). The number of aliphatic hydroxyl groups excluding tert-OH is 1. The summed E-state index contributed by atoms with van der Waals surface area (Å²) < 4.78 is 4.29. The highest BCUT2D eigenvalue weighted by Gasteiger charge is 2.42. The predicted octanol–water partition coefficient (Wildman–Crippen LogP) is 10.3. The number of aromatic nitrogens is 2. The molecule has 0 spiro atoms. The number of hydrogen-bond acceptors (Lipinski definition) is 2. The SMILES string of the molecule is CCCCCCCCC1(CCCCCCCC)c2cc(-c3cc[n+](CCN=C([O-])c4ccccc4)cc3)ccc2-c2ccc(-c3cc[n+](CC[NH+]=C(O)c4ccccc4)cc3)cc21. The van der Waals surface area contributed by atoms with Crippen molar-refractivity contribution in [1.29, 1.82) is 0 Å². The van der Waals surface area contributed by atoms with Crippen molar-refractivity contribution in [2.24, 2.45) is 4.99 Å². The summed E-state index contributed by atoms with van der Waals surface area (Å²) in [7, 11) is 0. The van der Waals surface area contributed by atoms with Crippen molar-refractivity contribution in [2.45, 2.75) is 122 Å². The maximum Gasteiger partial charge on any atom is 0.365 e. The third-order valence-corrected chi connectivity index (χ3v) is 13.1. The molecule has 6 heteroatoms. The minimum absolute atomic E-state index is 0.0503. The van der Waals surface area contributed by atoms with Gasteiger partial charge in [0.2, 0.25) is 13.1 Å². The molecule has 1 aliphatic rings. The largest absolute Gasteiger partial charge is 0.858 e. The van der Waals surface area contributed by atoms with E-state index < -0.39 is 0 Å². The van der Waals surface area contributed by atoms with Crippen LogP contribution in [-0.4, -0.2) is 30.0 Å². The molecule has 63 heavy (non-hydrogen) atoms. The van der Waals surface area contributed by atoms with Gasteiger partial charge in [0.05, 0.1) is 12.1 Å². The summed E-state index contributed by atoms with van der Waals surface area (Å²) in [6, 6.07) is 42.4. The molecule has 0 unspecified atom stereocenters. The van der Waals surface area contributed by atoms with Crippen LogP contribution in [-0.2, 0) is 18.5 Å². The maximum atomic E-state index is 12.6. The maximum absolute atomic E-state index is 12.6. The van der Waals surface area contributed by atoms with Gasteiger partial charge in [-0.15, -0.1) is 0 Å². The van der Waals surface area contributed by atoms with E-state index in [1.807, 2.05) is 60.7 Å². The van der Waals surface area contributed by atoms with Gasteiger partial charge in [-0.05, 0) is 93.1 Å². The zero-order valence-electron chi connectivity index (χ0n) is 37.8. The van der Waals surface area contributed by atoms with Crippen LogP contribution in [0.3, 0.4) is 0 Å². The van der Waals surface area contributed by atoms with Gasteiger partial charge < -0.3 is 10.2 Å². The van der Waals surface area contributed by atoms with Crippen molar-refractivity contribution in [1.82, 2.24) is 0 Å². The quantitative estimate of drug-likeness (QED) is 0.0276. The van der Waals surface area contributed by atoms with Crippen LogP contribution in [0.2, 0.25) is 0 Å². The van der Waals surface area contributed by atoms with Gasteiger partial charge in [-0.25, -0.2) is 9.56 Å². The normalized spacial score (nSPS) is 13.2. The Morgan fingerprint density at radius 1 is 0.540 bits per heavy atom. The first-order chi connectivity index (χ1) is 31.0. The predicted molar refractivity (Wildman–Crippen MR) is 257 cm³/mol.